The van der Waals surface area contributed by atoms with Gasteiger partial charge in [0.15, 0.2) is 0 Å². The Morgan fingerprint density at radius 3 is 2.46 bits per heavy atom. The molecule has 9 nitrogen and oxygen atoms in total. The fraction of sp³-hybridized carbons (Fsp3) is 0.455. The van der Waals surface area contributed by atoms with E-state index in [0.717, 1.165) is 98.1 Å². The number of hydrogen-bond donors (Lipinski definition) is 4. The standard InChI is InChI=1S/C44H58BN7O2P2/c1-6-35-28(22-46-23-29-16-14-26(3)47-29)15-18-37(48-35)31-11-8-10-30(27(31)4)32-12-9-13-34-33(32)17-19-38(34)51-41-40(44(45,55)56)49-39(36(7-2)50-41)24-52-21-20-43(5,25-52)42(53)54/h8-13,15,18,29,38,46-47H,3,6-7,14,16-17,19-25,45,55-56H2,1-2,4-5H3,(H,50,51)(H,53,54)/t29?,38-,43+/m0/s1. The van der Waals surface area contributed by atoms with Gasteiger partial charge in [0.25, 0.3) is 0 Å². The van der Waals surface area contributed by atoms with Crippen molar-refractivity contribution in [1.29, 1.82) is 0 Å². The van der Waals surface area contributed by atoms with E-state index in [0.29, 0.717) is 25.6 Å². The molecule has 2 aromatic heterocycles. The van der Waals surface area contributed by atoms with Crippen LogP contribution >= 0.6 is 18.5 Å². The number of allylic oxidation sites excluding steroid dienone is 1. The summed E-state index contributed by atoms with van der Waals surface area (Å²) in [4.78, 5) is 29.5. The monoisotopic (exact) mass is 789 g/mol. The Morgan fingerprint density at radius 2 is 1.77 bits per heavy atom. The third-order valence-corrected chi connectivity index (χ3v) is 12.7. The highest BCUT2D eigenvalue weighted by Crippen LogP contribution is 2.44. The van der Waals surface area contributed by atoms with Gasteiger partial charge in [-0.2, -0.15) is 0 Å². The molecule has 56 heavy (non-hydrogen) atoms. The molecule has 2 fully saturated rings. The fourth-order valence-electron chi connectivity index (χ4n) is 8.86. The molecule has 2 aromatic carbocycles. The number of rotatable bonds is 14. The lowest BCUT2D eigenvalue weighted by molar-refractivity contribution is -0.147. The predicted octanol–water partition coefficient (Wildman–Crippen LogP) is 6.88. The molecular weight excluding hydrogens is 731 g/mol. The Labute approximate surface area is 338 Å². The molecule has 0 amide bonds. The minimum Gasteiger partial charge on any atom is -0.481 e. The minimum absolute atomic E-state index is 0.0995. The van der Waals surface area contributed by atoms with E-state index >= 15 is 0 Å². The Morgan fingerprint density at radius 1 is 1.02 bits per heavy atom. The van der Waals surface area contributed by atoms with Gasteiger partial charge in [-0.1, -0.05) is 62.9 Å². The topological polar surface area (TPSA) is 115 Å². The van der Waals surface area contributed by atoms with Crippen molar-refractivity contribution in [3.8, 4) is 22.4 Å². The number of hydrogen-bond acceptors (Lipinski definition) is 8. The molecule has 294 valence electrons. The predicted molar refractivity (Wildman–Crippen MR) is 238 cm³/mol. The average molecular weight is 790 g/mol. The van der Waals surface area contributed by atoms with E-state index in [1.807, 2.05) is 6.92 Å². The van der Waals surface area contributed by atoms with E-state index < -0.39 is 16.2 Å². The van der Waals surface area contributed by atoms with Crippen molar-refractivity contribution in [2.45, 2.75) is 103 Å². The van der Waals surface area contributed by atoms with E-state index in [9.17, 15) is 9.90 Å². The van der Waals surface area contributed by atoms with E-state index in [4.69, 9.17) is 15.0 Å². The lowest BCUT2D eigenvalue weighted by Gasteiger charge is -2.27. The summed E-state index contributed by atoms with van der Waals surface area (Å²) < 4.78 is 0. The number of aryl methyl sites for hydroxylation is 2. The van der Waals surface area contributed by atoms with Gasteiger partial charge in [0, 0.05) is 54.0 Å². The van der Waals surface area contributed by atoms with Gasteiger partial charge in [0.2, 0.25) is 0 Å². The fourth-order valence-corrected chi connectivity index (χ4v) is 9.26. The van der Waals surface area contributed by atoms with Crippen molar-refractivity contribution in [1.82, 2.24) is 30.5 Å². The van der Waals surface area contributed by atoms with Crippen LogP contribution in [0.3, 0.4) is 0 Å². The number of carbonyl (C=O) groups is 1. The Bertz CT molecular complexity index is 2140. The number of pyridine rings is 1. The molecule has 0 bridgehead atoms. The molecule has 0 saturated carbocycles. The molecule has 7 rings (SSSR count). The molecule has 0 spiro atoms. The molecule has 3 unspecified atom stereocenters. The number of aromatic nitrogens is 3. The van der Waals surface area contributed by atoms with Crippen LogP contribution in [0.2, 0.25) is 0 Å². The number of carboxylic acids is 1. The molecule has 2 saturated heterocycles. The largest absolute Gasteiger partial charge is 0.481 e. The summed E-state index contributed by atoms with van der Waals surface area (Å²) in [7, 11) is 7.97. The third-order valence-electron chi connectivity index (χ3n) is 12.1. The Balaban J connectivity index is 1.12. The zero-order chi connectivity index (χ0) is 39.8. The number of nitrogens with zero attached hydrogens (tertiary/aromatic N) is 4. The van der Waals surface area contributed by atoms with Crippen molar-refractivity contribution in [3.05, 3.63) is 106 Å². The summed E-state index contributed by atoms with van der Waals surface area (Å²) in [6.45, 7) is 16.0. The highest BCUT2D eigenvalue weighted by Gasteiger charge is 2.41. The maximum absolute atomic E-state index is 11.9. The van der Waals surface area contributed by atoms with Crippen LogP contribution < -0.4 is 16.0 Å². The van der Waals surface area contributed by atoms with Gasteiger partial charge in [-0.05, 0) is 105 Å². The van der Waals surface area contributed by atoms with Crippen LogP contribution in [0.15, 0.2) is 60.8 Å². The van der Waals surface area contributed by atoms with Gasteiger partial charge < -0.3 is 21.1 Å². The SMILES string of the molecule is BC(P)(P)c1nc(CN2CC[C@@](C)(C(=O)O)C2)c(CC)nc1N[C@H]1CCc2c(-c3cccc(-c4ccc(CNCC5CCC(=C)N5)c(CC)n4)c3C)cccc21. The van der Waals surface area contributed by atoms with Crippen molar-refractivity contribution < 1.29 is 9.90 Å². The highest BCUT2D eigenvalue weighted by atomic mass is 31.1. The van der Waals surface area contributed by atoms with Gasteiger partial charge in [-0.25, -0.2) is 4.98 Å². The van der Waals surface area contributed by atoms with Crippen molar-refractivity contribution in [2.75, 3.05) is 25.0 Å². The number of nitrogens with one attached hydrogen (secondary N) is 3. The number of aliphatic carboxylic acids is 1. The Hall–Kier alpha value is -3.68. The first-order valence-electron chi connectivity index (χ1n) is 20.3. The minimum atomic E-state index is -0.733. The second kappa shape index (κ2) is 16.7. The summed E-state index contributed by atoms with van der Waals surface area (Å²) in [6.07, 6.45) is 6.39. The number of fused-ring (bicyclic) bond motifs is 1. The van der Waals surface area contributed by atoms with Crippen LogP contribution in [0.1, 0.15) is 97.5 Å². The summed E-state index contributed by atoms with van der Waals surface area (Å²) in [5.74, 6) is 0.0813. The maximum Gasteiger partial charge on any atom is 0.310 e. The first-order valence-corrected chi connectivity index (χ1v) is 21.5. The zero-order valence-corrected chi connectivity index (χ0v) is 36.1. The number of benzene rings is 2. The van der Waals surface area contributed by atoms with E-state index in [-0.39, 0.29) is 6.04 Å². The van der Waals surface area contributed by atoms with Crippen molar-refractivity contribution in [2.24, 2.45) is 5.41 Å². The van der Waals surface area contributed by atoms with Gasteiger partial charge in [-0.15, -0.1) is 18.5 Å². The van der Waals surface area contributed by atoms with Crippen LogP contribution in [-0.4, -0.2) is 64.5 Å². The van der Waals surface area contributed by atoms with Gasteiger partial charge in [0.1, 0.15) is 13.7 Å². The molecular formula is C44H58BN7O2P2. The average Bonchev–Trinajstić information content (AvgIpc) is 3.90. The molecule has 12 heteroatoms. The number of anilines is 1. The maximum atomic E-state index is 11.9. The summed E-state index contributed by atoms with van der Waals surface area (Å²) in [5.41, 5.74) is 14.2. The van der Waals surface area contributed by atoms with E-state index in [1.165, 1.54) is 38.9 Å². The lowest BCUT2D eigenvalue weighted by atomic mass is 9.90. The lowest BCUT2D eigenvalue weighted by Crippen LogP contribution is -2.33. The van der Waals surface area contributed by atoms with Crippen LogP contribution in [-0.2, 0) is 41.9 Å². The molecule has 4 heterocycles. The molecule has 2 aliphatic heterocycles. The molecule has 5 atom stereocenters. The molecule has 3 aliphatic rings. The highest BCUT2D eigenvalue weighted by molar-refractivity contribution is 7.43. The van der Waals surface area contributed by atoms with E-state index in [2.05, 4.69) is 123 Å². The van der Waals surface area contributed by atoms with Crippen LogP contribution in [0.5, 0.6) is 0 Å². The summed E-state index contributed by atoms with van der Waals surface area (Å²) in [6, 6.07) is 18.3. The first-order chi connectivity index (χ1) is 26.8. The summed E-state index contributed by atoms with van der Waals surface area (Å²) in [5, 5.41) is 20.8. The smallest absolute Gasteiger partial charge is 0.310 e. The van der Waals surface area contributed by atoms with Crippen molar-refractivity contribution >= 4 is 38.1 Å². The second-order valence-corrected chi connectivity index (χ2v) is 19.7. The third kappa shape index (κ3) is 8.46. The Kier molecular flexibility index (Phi) is 12.1. The van der Waals surface area contributed by atoms with Crippen LogP contribution in [0, 0.1) is 12.3 Å². The van der Waals surface area contributed by atoms with Crippen molar-refractivity contribution in [3.63, 3.8) is 0 Å². The van der Waals surface area contributed by atoms with Crippen LogP contribution in [0.4, 0.5) is 5.82 Å². The van der Waals surface area contributed by atoms with Gasteiger partial charge in [-0.3, -0.25) is 19.7 Å². The molecule has 0 radical (unpaired) electrons. The number of carboxylic acid groups (broad SMARTS) is 1. The molecule has 4 aromatic rings. The van der Waals surface area contributed by atoms with Gasteiger partial charge >= 0.3 is 5.97 Å². The summed E-state index contributed by atoms with van der Waals surface area (Å²) >= 11 is 0. The van der Waals surface area contributed by atoms with Crippen LogP contribution in [0.25, 0.3) is 22.4 Å². The quantitative estimate of drug-likeness (QED) is 0.0802. The molecule has 1 aliphatic carbocycles. The second-order valence-electron chi connectivity index (χ2n) is 16.6. The first kappa shape index (κ1) is 40.5. The molecule has 4 N–H and O–H groups in total. The van der Waals surface area contributed by atoms with Gasteiger partial charge in [0.05, 0.1) is 34.2 Å². The zero-order valence-electron chi connectivity index (χ0n) is 33.8. The number of likely N-dealkylation sites (tertiary alicyclic amines) is 1. The normalized spacial score (nSPS) is 21.0. The van der Waals surface area contributed by atoms with E-state index in [1.54, 1.807) is 0 Å².